The highest BCUT2D eigenvalue weighted by molar-refractivity contribution is 7.91. The molecule has 18 heavy (non-hydrogen) atoms. The van der Waals surface area contributed by atoms with Gasteiger partial charge in [0.05, 0.1) is 11.5 Å². The minimum absolute atomic E-state index is 0.0213. The summed E-state index contributed by atoms with van der Waals surface area (Å²) in [6, 6.07) is 4.12. The summed E-state index contributed by atoms with van der Waals surface area (Å²) >= 11 is 5.60. The summed E-state index contributed by atoms with van der Waals surface area (Å²) in [6.07, 6.45) is 0.582. The minimum Gasteiger partial charge on any atom is -0.492 e. The summed E-state index contributed by atoms with van der Waals surface area (Å²) in [6.45, 7) is 1.82. The molecule has 0 fully saturated rings. The smallest absolute Gasteiger partial charge is 0.153 e. The van der Waals surface area contributed by atoms with Crippen molar-refractivity contribution in [1.82, 2.24) is 0 Å². The van der Waals surface area contributed by atoms with Gasteiger partial charge in [-0.25, -0.2) is 12.8 Å². The Morgan fingerprint density at radius 1 is 1.28 bits per heavy atom. The van der Waals surface area contributed by atoms with Crippen molar-refractivity contribution in [3.63, 3.8) is 0 Å². The number of alkyl halides is 1. The van der Waals surface area contributed by atoms with Crippen LogP contribution in [0.5, 0.6) is 5.75 Å². The van der Waals surface area contributed by atoms with E-state index in [9.17, 15) is 12.8 Å². The van der Waals surface area contributed by atoms with Gasteiger partial charge in [-0.1, -0.05) is 6.92 Å². The van der Waals surface area contributed by atoms with E-state index >= 15 is 0 Å². The molecule has 0 heterocycles. The van der Waals surface area contributed by atoms with Gasteiger partial charge in [0.15, 0.2) is 9.84 Å². The van der Waals surface area contributed by atoms with E-state index in [0.717, 1.165) is 0 Å². The molecule has 0 saturated heterocycles. The zero-order chi connectivity index (χ0) is 13.6. The molecular weight excluding hydrogens is 279 g/mol. The lowest BCUT2D eigenvalue weighted by atomic mass is 10.2. The van der Waals surface area contributed by atoms with Crippen LogP contribution in [-0.4, -0.2) is 26.5 Å². The Labute approximate surface area is 112 Å². The molecule has 1 rings (SSSR count). The summed E-state index contributed by atoms with van der Waals surface area (Å²) in [7, 11) is -3.07. The quantitative estimate of drug-likeness (QED) is 0.726. The van der Waals surface area contributed by atoms with Gasteiger partial charge < -0.3 is 4.74 Å². The van der Waals surface area contributed by atoms with Gasteiger partial charge in [-0.3, -0.25) is 0 Å². The summed E-state index contributed by atoms with van der Waals surface area (Å²) in [5, 5.41) is 0. The van der Waals surface area contributed by atoms with Crippen molar-refractivity contribution >= 4 is 21.4 Å². The molecule has 6 heteroatoms. The van der Waals surface area contributed by atoms with Gasteiger partial charge >= 0.3 is 0 Å². The molecule has 0 unspecified atom stereocenters. The Balaban J connectivity index is 2.56. The zero-order valence-corrected chi connectivity index (χ0v) is 11.7. The lowest BCUT2D eigenvalue weighted by Gasteiger charge is -2.08. The molecule has 0 bridgehead atoms. The molecule has 0 amide bonds. The number of hydrogen-bond donors (Lipinski definition) is 0. The predicted molar refractivity (Wildman–Crippen MR) is 70.4 cm³/mol. The van der Waals surface area contributed by atoms with E-state index in [2.05, 4.69) is 0 Å². The minimum atomic E-state index is -3.07. The van der Waals surface area contributed by atoms with Gasteiger partial charge in [0.2, 0.25) is 0 Å². The van der Waals surface area contributed by atoms with Gasteiger partial charge in [-0.15, -0.1) is 11.6 Å². The number of rotatable bonds is 7. The van der Waals surface area contributed by atoms with Crippen LogP contribution >= 0.6 is 11.6 Å². The van der Waals surface area contributed by atoms with Crippen LogP contribution in [0.2, 0.25) is 0 Å². The Bertz CT molecular complexity index is 488. The molecule has 1 aromatic rings. The van der Waals surface area contributed by atoms with Gasteiger partial charge in [0, 0.05) is 11.9 Å². The molecule has 0 N–H and O–H groups in total. The fourth-order valence-electron chi connectivity index (χ4n) is 1.48. The molecule has 0 atom stereocenters. The number of benzene rings is 1. The molecule has 102 valence electrons. The Morgan fingerprint density at radius 2 is 2.00 bits per heavy atom. The van der Waals surface area contributed by atoms with Crippen molar-refractivity contribution < 1.29 is 17.5 Å². The Hall–Kier alpha value is -0.810. The highest BCUT2D eigenvalue weighted by atomic mass is 35.5. The zero-order valence-electron chi connectivity index (χ0n) is 10.2. The summed E-state index contributed by atoms with van der Waals surface area (Å²) in [5.41, 5.74) is 0.600. The molecule has 0 aliphatic carbocycles. The van der Waals surface area contributed by atoms with Crippen molar-refractivity contribution in [3.05, 3.63) is 29.6 Å². The fraction of sp³-hybridized carbons (Fsp3) is 0.500. The monoisotopic (exact) mass is 294 g/mol. The maximum Gasteiger partial charge on any atom is 0.153 e. The average molecular weight is 295 g/mol. The van der Waals surface area contributed by atoms with E-state index in [1.54, 1.807) is 13.0 Å². The van der Waals surface area contributed by atoms with Crippen LogP contribution < -0.4 is 4.74 Å². The second kappa shape index (κ2) is 6.95. The van der Waals surface area contributed by atoms with Crippen molar-refractivity contribution in [2.45, 2.75) is 19.2 Å². The highest BCUT2D eigenvalue weighted by Gasteiger charge is 2.09. The molecule has 0 aliphatic rings. The summed E-state index contributed by atoms with van der Waals surface area (Å²) < 4.78 is 41.2. The van der Waals surface area contributed by atoms with Crippen molar-refractivity contribution in [2.24, 2.45) is 0 Å². The third kappa shape index (κ3) is 5.23. The van der Waals surface area contributed by atoms with Gasteiger partial charge in [0.1, 0.15) is 18.2 Å². The first-order valence-electron chi connectivity index (χ1n) is 5.65. The number of ether oxygens (including phenoxy) is 1. The normalized spacial score (nSPS) is 11.5. The van der Waals surface area contributed by atoms with Gasteiger partial charge in [-0.2, -0.15) is 0 Å². The van der Waals surface area contributed by atoms with Crippen LogP contribution in [0.1, 0.15) is 18.9 Å². The van der Waals surface area contributed by atoms with Gasteiger partial charge in [-0.05, 0) is 24.1 Å². The third-order valence-corrected chi connectivity index (χ3v) is 4.39. The summed E-state index contributed by atoms with van der Waals surface area (Å²) in [4.78, 5) is 0. The second-order valence-electron chi connectivity index (χ2n) is 3.93. The third-order valence-electron chi connectivity index (χ3n) is 2.26. The maximum atomic E-state index is 13.1. The van der Waals surface area contributed by atoms with Crippen LogP contribution in [0.15, 0.2) is 18.2 Å². The topological polar surface area (TPSA) is 43.4 Å². The first-order chi connectivity index (χ1) is 8.46. The van der Waals surface area contributed by atoms with E-state index in [-0.39, 0.29) is 24.0 Å². The molecule has 0 saturated carbocycles. The van der Waals surface area contributed by atoms with Gasteiger partial charge in [0.25, 0.3) is 0 Å². The van der Waals surface area contributed by atoms with E-state index in [0.29, 0.717) is 17.7 Å². The molecule has 0 spiro atoms. The van der Waals surface area contributed by atoms with Crippen LogP contribution in [0, 0.1) is 5.82 Å². The molecular formula is C12H16ClFO3S. The van der Waals surface area contributed by atoms with Crippen LogP contribution in [0.3, 0.4) is 0 Å². The fourth-order valence-corrected chi connectivity index (χ4v) is 2.80. The molecule has 0 aliphatic heterocycles. The molecule has 1 aromatic carbocycles. The van der Waals surface area contributed by atoms with Crippen molar-refractivity contribution in [3.8, 4) is 5.75 Å². The van der Waals surface area contributed by atoms with Crippen LogP contribution in [-0.2, 0) is 15.7 Å². The van der Waals surface area contributed by atoms with E-state index in [1.807, 2.05) is 0 Å². The standard InChI is InChI=1S/C12H16ClFO3S/c1-2-4-18(15,16)5-3-17-12-7-10(9-13)6-11(14)8-12/h6-8H,2-5,9H2,1H3. The number of hydrogen-bond acceptors (Lipinski definition) is 3. The van der Waals surface area contributed by atoms with Crippen LogP contribution in [0.4, 0.5) is 4.39 Å². The first-order valence-corrected chi connectivity index (χ1v) is 8.01. The predicted octanol–water partition coefficient (Wildman–Crippen LogP) is 2.77. The lowest BCUT2D eigenvalue weighted by molar-refractivity contribution is 0.338. The van der Waals surface area contributed by atoms with Crippen LogP contribution in [0.25, 0.3) is 0 Å². The Kier molecular flexibility index (Phi) is 5.88. The second-order valence-corrected chi connectivity index (χ2v) is 6.50. The van der Waals surface area contributed by atoms with E-state index in [1.165, 1.54) is 12.1 Å². The maximum absolute atomic E-state index is 13.1. The lowest BCUT2D eigenvalue weighted by Crippen LogP contribution is -2.16. The number of halogens is 2. The number of sulfone groups is 1. The summed E-state index contributed by atoms with van der Waals surface area (Å²) in [5.74, 6) is 0.124. The molecule has 0 radical (unpaired) electrons. The first kappa shape index (κ1) is 15.2. The Morgan fingerprint density at radius 3 is 2.61 bits per heavy atom. The SMILES string of the molecule is CCCS(=O)(=O)CCOc1cc(F)cc(CCl)c1. The molecule has 3 nitrogen and oxygen atoms in total. The molecule has 0 aromatic heterocycles. The largest absolute Gasteiger partial charge is 0.492 e. The highest BCUT2D eigenvalue weighted by Crippen LogP contribution is 2.17. The van der Waals surface area contributed by atoms with E-state index in [4.69, 9.17) is 16.3 Å². The van der Waals surface area contributed by atoms with Crippen molar-refractivity contribution in [1.29, 1.82) is 0 Å². The average Bonchev–Trinajstić information content (AvgIpc) is 2.27. The van der Waals surface area contributed by atoms with E-state index < -0.39 is 15.7 Å². The van der Waals surface area contributed by atoms with Crippen molar-refractivity contribution in [2.75, 3.05) is 18.1 Å².